The third-order valence-electron chi connectivity index (χ3n) is 2.77. The van der Waals surface area contributed by atoms with Gasteiger partial charge in [-0.15, -0.1) is 0 Å². The van der Waals surface area contributed by atoms with Gasteiger partial charge >= 0.3 is 0 Å². The fraction of sp³-hybridized carbons (Fsp3) is 0.286. The van der Waals surface area contributed by atoms with Crippen molar-refractivity contribution in [1.29, 1.82) is 0 Å². The number of H-pyrrole nitrogens is 1. The third kappa shape index (κ3) is 2.65. The number of hydrogen-bond donors (Lipinski definition) is 1. The lowest BCUT2D eigenvalue weighted by molar-refractivity contribution is 0.387. The van der Waals surface area contributed by atoms with Crippen LogP contribution in [0.4, 0.5) is 4.39 Å². The maximum atomic E-state index is 14.1. The van der Waals surface area contributed by atoms with Gasteiger partial charge in [0.1, 0.15) is 5.82 Å². The molecule has 0 fully saturated rings. The maximum Gasteiger partial charge on any atom is 0.251 e. The minimum atomic E-state index is -0.516. The molecule has 1 heterocycles. The molecule has 0 radical (unpaired) electrons. The van der Waals surface area contributed by atoms with E-state index in [-0.39, 0.29) is 22.8 Å². The second kappa shape index (κ2) is 5.22. The number of nitrogens with one attached hydrogen (secondary N) is 1. The molecule has 0 unspecified atom stereocenters. The molecule has 0 bridgehead atoms. The molecule has 0 saturated carbocycles. The predicted octanol–water partition coefficient (Wildman–Crippen LogP) is 2.71. The highest BCUT2D eigenvalue weighted by Gasteiger charge is 2.13. The Labute approximate surface area is 110 Å². The Kier molecular flexibility index (Phi) is 3.64. The van der Waals surface area contributed by atoms with Crippen LogP contribution in [0.15, 0.2) is 29.1 Å². The molecule has 0 saturated heterocycles. The predicted molar refractivity (Wildman–Crippen MR) is 70.9 cm³/mol. The lowest BCUT2D eigenvalue weighted by Crippen LogP contribution is -2.12. The molecule has 4 nitrogen and oxygen atoms in total. The summed E-state index contributed by atoms with van der Waals surface area (Å²) >= 11 is 0. The van der Waals surface area contributed by atoms with E-state index in [0.29, 0.717) is 11.5 Å². The summed E-state index contributed by atoms with van der Waals surface area (Å²) in [5.74, 6) is 0.203. The van der Waals surface area contributed by atoms with Crippen LogP contribution in [0.1, 0.15) is 25.6 Å². The van der Waals surface area contributed by atoms with E-state index in [0.717, 1.165) is 0 Å². The molecular formula is C14H15FN2O2. The zero-order valence-corrected chi connectivity index (χ0v) is 11.0. The van der Waals surface area contributed by atoms with Gasteiger partial charge < -0.3 is 9.72 Å². The Hall–Kier alpha value is -2.17. The molecule has 2 rings (SSSR count). The molecule has 1 aromatic heterocycles. The first kappa shape index (κ1) is 13.3. The molecule has 2 aromatic rings. The highest BCUT2D eigenvalue weighted by Crippen LogP contribution is 2.27. The molecule has 0 spiro atoms. The Morgan fingerprint density at radius 2 is 2.11 bits per heavy atom. The lowest BCUT2D eigenvalue weighted by atomic mass is 10.1. The molecule has 0 aliphatic rings. The minimum Gasteiger partial charge on any atom is -0.494 e. The zero-order valence-electron chi connectivity index (χ0n) is 11.0. The van der Waals surface area contributed by atoms with E-state index < -0.39 is 5.82 Å². The zero-order chi connectivity index (χ0) is 14.0. The van der Waals surface area contributed by atoms with E-state index in [1.807, 2.05) is 13.8 Å². The largest absolute Gasteiger partial charge is 0.494 e. The standard InChI is InChI=1S/C14H15FN2O2/c1-8(2)14-16-10(7-12(18)17-14)9-5-4-6-11(19-3)13(9)15/h4-8H,1-3H3,(H,16,17,18). The molecule has 0 aliphatic heterocycles. The summed E-state index contributed by atoms with van der Waals surface area (Å²) < 4.78 is 19.1. The summed E-state index contributed by atoms with van der Waals surface area (Å²) in [5, 5.41) is 0. The summed E-state index contributed by atoms with van der Waals surface area (Å²) in [6.45, 7) is 3.81. The Morgan fingerprint density at radius 1 is 1.37 bits per heavy atom. The summed E-state index contributed by atoms with van der Waals surface area (Å²) in [6.07, 6.45) is 0. The van der Waals surface area contributed by atoms with Crippen LogP contribution in [0.2, 0.25) is 0 Å². The monoisotopic (exact) mass is 262 g/mol. The number of rotatable bonds is 3. The molecule has 0 atom stereocenters. The van der Waals surface area contributed by atoms with E-state index in [4.69, 9.17) is 4.74 Å². The van der Waals surface area contributed by atoms with Gasteiger partial charge in [-0.1, -0.05) is 19.9 Å². The Balaban J connectivity index is 2.62. The Morgan fingerprint density at radius 3 is 2.74 bits per heavy atom. The third-order valence-corrected chi connectivity index (χ3v) is 2.77. The van der Waals surface area contributed by atoms with Crippen molar-refractivity contribution >= 4 is 0 Å². The molecular weight excluding hydrogens is 247 g/mol. The van der Waals surface area contributed by atoms with Crippen molar-refractivity contribution in [2.45, 2.75) is 19.8 Å². The molecule has 100 valence electrons. The van der Waals surface area contributed by atoms with Gasteiger partial charge in [-0.25, -0.2) is 9.37 Å². The smallest absolute Gasteiger partial charge is 0.251 e. The van der Waals surface area contributed by atoms with Crippen LogP contribution in [-0.4, -0.2) is 17.1 Å². The van der Waals surface area contributed by atoms with Crippen LogP contribution in [0, 0.1) is 5.82 Å². The molecule has 0 amide bonds. The SMILES string of the molecule is COc1cccc(-c2cc(=O)[nH]c(C(C)C)n2)c1F. The van der Waals surface area contributed by atoms with E-state index >= 15 is 0 Å². The van der Waals surface area contributed by atoms with Crippen molar-refractivity contribution in [3.8, 4) is 17.0 Å². The number of aromatic nitrogens is 2. The van der Waals surface area contributed by atoms with Crippen LogP contribution in [0.3, 0.4) is 0 Å². The highest BCUT2D eigenvalue weighted by molar-refractivity contribution is 5.62. The Bertz CT molecular complexity index is 650. The van der Waals surface area contributed by atoms with Crippen LogP contribution in [0.25, 0.3) is 11.3 Å². The van der Waals surface area contributed by atoms with Gasteiger partial charge in [0.25, 0.3) is 5.56 Å². The van der Waals surface area contributed by atoms with Gasteiger partial charge in [-0.05, 0) is 12.1 Å². The van der Waals surface area contributed by atoms with Crippen molar-refractivity contribution in [3.05, 3.63) is 46.3 Å². The van der Waals surface area contributed by atoms with Crippen molar-refractivity contribution in [2.24, 2.45) is 0 Å². The summed E-state index contributed by atoms with van der Waals surface area (Å²) in [7, 11) is 1.40. The van der Waals surface area contributed by atoms with Gasteiger partial charge in [-0.2, -0.15) is 0 Å². The average Bonchev–Trinajstić information content (AvgIpc) is 2.38. The van der Waals surface area contributed by atoms with Crippen molar-refractivity contribution in [1.82, 2.24) is 9.97 Å². The van der Waals surface area contributed by atoms with Gasteiger partial charge in [0, 0.05) is 17.5 Å². The quantitative estimate of drug-likeness (QED) is 0.925. The summed E-state index contributed by atoms with van der Waals surface area (Å²) in [6, 6.07) is 6.04. The highest BCUT2D eigenvalue weighted by atomic mass is 19.1. The van der Waals surface area contributed by atoms with Gasteiger partial charge in [-0.3, -0.25) is 4.79 Å². The average molecular weight is 262 g/mol. The molecule has 5 heteroatoms. The van der Waals surface area contributed by atoms with Crippen molar-refractivity contribution in [2.75, 3.05) is 7.11 Å². The van der Waals surface area contributed by atoms with E-state index in [1.54, 1.807) is 12.1 Å². The van der Waals surface area contributed by atoms with E-state index in [9.17, 15) is 9.18 Å². The van der Waals surface area contributed by atoms with Crippen molar-refractivity contribution < 1.29 is 9.13 Å². The van der Waals surface area contributed by atoms with E-state index in [2.05, 4.69) is 9.97 Å². The number of aromatic amines is 1. The molecule has 0 aliphatic carbocycles. The van der Waals surface area contributed by atoms with E-state index in [1.165, 1.54) is 19.2 Å². The normalized spacial score (nSPS) is 10.8. The molecule has 1 aromatic carbocycles. The number of halogens is 1. The van der Waals surface area contributed by atoms with Crippen LogP contribution in [0.5, 0.6) is 5.75 Å². The first-order valence-electron chi connectivity index (χ1n) is 5.97. The first-order chi connectivity index (χ1) is 9.02. The van der Waals surface area contributed by atoms with Gasteiger partial charge in [0.2, 0.25) is 0 Å². The van der Waals surface area contributed by atoms with Crippen LogP contribution >= 0.6 is 0 Å². The minimum absolute atomic E-state index is 0.0568. The molecule has 19 heavy (non-hydrogen) atoms. The number of nitrogens with zero attached hydrogens (tertiary/aromatic N) is 1. The van der Waals surface area contributed by atoms with Crippen LogP contribution < -0.4 is 10.3 Å². The van der Waals surface area contributed by atoms with Gasteiger partial charge in [0.15, 0.2) is 11.6 Å². The summed E-state index contributed by atoms with van der Waals surface area (Å²) in [4.78, 5) is 18.5. The second-order valence-electron chi connectivity index (χ2n) is 4.49. The fourth-order valence-electron chi connectivity index (χ4n) is 1.75. The van der Waals surface area contributed by atoms with Crippen molar-refractivity contribution in [3.63, 3.8) is 0 Å². The fourth-order valence-corrected chi connectivity index (χ4v) is 1.75. The topological polar surface area (TPSA) is 55.0 Å². The number of ether oxygens (including phenoxy) is 1. The number of hydrogen-bond acceptors (Lipinski definition) is 3. The first-order valence-corrected chi connectivity index (χ1v) is 5.97. The maximum absolute atomic E-state index is 14.1. The molecule has 1 N–H and O–H groups in total. The lowest BCUT2D eigenvalue weighted by Gasteiger charge is -2.09. The van der Waals surface area contributed by atoms with Gasteiger partial charge in [0.05, 0.1) is 12.8 Å². The number of benzene rings is 1. The number of methoxy groups -OCH3 is 1. The summed E-state index contributed by atoms with van der Waals surface area (Å²) in [5.41, 5.74) is 0.270. The second-order valence-corrected chi connectivity index (χ2v) is 4.49. The van der Waals surface area contributed by atoms with Crippen LogP contribution in [-0.2, 0) is 0 Å².